The molecule has 1 fully saturated rings. The lowest BCUT2D eigenvalue weighted by molar-refractivity contribution is 0.340. The van der Waals surface area contributed by atoms with E-state index in [1.54, 1.807) is 11.8 Å². The standard InChI is InChI=1S/C9H16N4O2S2/c1-6-7(2)16-4-3-13(6)17(14,15)8-5-11-12-9(8)10/h5-7H,3-4H2,1-2H3,(H3,10,11,12). The maximum atomic E-state index is 12.4. The molecule has 1 aromatic heterocycles. The molecule has 0 saturated carbocycles. The maximum Gasteiger partial charge on any atom is 0.248 e. The number of H-pyrrole nitrogens is 1. The van der Waals surface area contributed by atoms with E-state index in [1.165, 1.54) is 10.5 Å². The monoisotopic (exact) mass is 276 g/mol. The Balaban J connectivity index is 2.36. The second-order valence-corrected chi connectivity index (χ2v) is 7.42. The second kappa shape index (κ2) is 4.51. The number of anilines is 1. The van der Waals surface area contributed by atoms with Crippen LogP contribution in [0, 0.1) is 0 Å². The minimum absolute atomic E-state index is 0.0342. The van der Waals surface area contributed by atoms with Crippen LogP contribution in [0.1, 0.15) is 13.8 Å². The fourth-order valence-electron chi connectivity index (χ4n) is 1.86. The first-order valence-corrected chi connectivity index (χ1v) is 7.85. The van der Waals surface area contributed by atoms with Crippen LogP contribution in [-0.4, -0.2) is 46.5 Å². The van der Waals surface area contributed by atoms with Crippen molar-refractivity contribution in [3.8, 4) is 0 Å². The van der Waals surface area contributed by atoms with Crippen LogP contribution in [0.3, 0.4) is 0 Å². The van der Waals surface area contributed by atoms with Crippen molar-refractivity contribution < 1.29 is 8.42 Å². The van der Waals surface area contributed by atoms with Gasteiger partial charge in [-0.2, -0.15) is 21.2 Å². The lowest BCUT2D eigenvalue weighted by atomic mass is 10.2. The number of nitrogens with one attached hydrogen (secondary N) is 1. The molecule has 0 spiro atoms. The third-order valence-corrected chi connectivity index (χ3v) is 6.40. The van der Waals surface area contributed by atoms with Crippen molar-refractivity contribution in [2.75, 3.05) is 18.0 Å². The quantitative estimate of drug-likeness (QED) is 0.821. The number of thioether (sulfide) groups is 1. The van der Waals surface area contributed by atoms with E-state index in [4.69, 9.17) is 5.73 Å². The number of hydrogen-bond donors (Lipinski definition) is 2. The molecule has 1 aliphatic rings. The second-order valence-electron chi connectivity index (χ2n) is 4.08. The molecule has 2 atom stereocenters. The molecule has 6 nitrogen and oxygen atoms in total. The Labute approximate surface area is 105 Å². The number of nitrogen functional groups attached to an aromatic ring is 1. The highest BCUT2D eigenvalue weighted by atomic mass is 32.2. The number of hydrogen-bond acceptors (Lipinski definition) is 5. The van der Waals surface area contributed by atoms with E-state index in [2.05, 4.69) is 10.2 Å². The minimum atomic E-state index is -3.53. The molecule has 1 aromatic rings. The SMILES string of the molecule is CC1SCCN(S(=O)(=O)c2cn[nH]c2N)C1C. The summed E-state index contributed by atoms with van der Waals surface area (Å²) in [6.07, 6.45) is 1.27. The zero-order valence-corrected chi connectivity index (χ0v) is 11.4. The van der Waals surface area contributed by atoms with Gasteiger partial charge in [-0.25, -0.2) is 8.42 Å². The summed E-state index contributed by atoms with van der Waals surface area (Å²) >= 11 is 1.79. The summed E-state index contributed by atoms with van der Waals surface area (Å²) in [6, 6.07) is -0.0342. The number of nitrogens with zero attached hydrogens (tertiary/aromatic N) is 2. The molecule has 0 radical (unpaired) electrons. The van der Waals surface area contributed by atoms with E-state index >= 15 is 0 Å². The van der Waals surface area contributed by atoms with Crippen LogP contribution < -0.4 is 5.73 Å². The highest BCUT2D eigenvalue weighted by Gasteiger charge is 2.36. The topological polar surface area (TPSA) is 92.1 Å². The third-order valence-electron chi connectivity index (χ3n) is 3.04. The molecular formula is C9H16N4O2S2. The van der Waals surface area contributed by atoms with E-state index in [9.17, 15) is 8.42 Å². The van der Waals surface area contributed by atoms with Gasteiger partial charge in [-0.05, 0) is 6.92 Å². The summed E-state index contributed by atoms with van der Waals surface area (Å²) in [5.74, 6) is 0.908. The zero-order valence-electron chi connectivity index (χ0n) is 9.75. The van der Waals surface area contributed by atoms with Crippen molar-refractivity contribution in [2.24, 2.45) is 0 Å². The maximum absolute atomic E-state index is 12.4. The summed E-state index contributed by atoms with van der Waals surface area (Å²) in [5.41, 5.74) is 5.58. The van der Waals surface area contributed by atoms with Crippen molar-refractivity contribution in [3.63, 3.8) is 0 Å². The number of nitrogens with two attached hydrogens (primary N) is 1. The van der Waals surface area contributed by atoms with E-state index in [0.717, 1.165) is 5.75 Å². The normalized spacial score (nSPS) is 27.2. The predicted octanol–water partition coefficient (Wildman–Crippen LogP) is 0.506. The van der Waals surface area contributed by atoms with Crippen LogP contribution >= 0.6 is 11.8 Å². The van der Waals surface area contributed by atoms with Gasteiger partial charge >= 0.3 is 0 Å². The molecule has 1 saturated heterocycles. The summed E-state index contributed by atoms with van der Waals surface area (Å²) in [4.78, 5) is 0.0726. The Hall–Kier alpha value is -0.730. The molecule has 96 valence electrons. The Morgan fingerprint density at radius 1 is 1.59 bits per heavy atom. The van der Waals surface area contributed by atoms with Crippen LogP contribution in [-0.2, 0) is 10.0 Å². The van der Waals surface area contributed by atoms with Crippen molar-refractivity contribution in [3.05, 3.63) is 6.20 Å². The van der Waals surface area contributed by atoms with Gasteiger partial charge in [-0.3, -0.25) is 5.10 Å². The van der Waals surface area contributed by atoms with Crippen molar-refractivity contribution >= 4 is 27.6 Å². The molecule has 8 heteroatoms. The molecule has 2 rings (SSSR count). The Kier molecular flexibility index (Phi) is 3.37. The van der Waals surface area contributed by atoms with Gasteiger partial charge in [0, 0.05) is 23.6 Å². The average molecular weight is 276 g/mol. The van der Waals surface area contributed by atoms with Crippen LogP contribution in [0.25, 0.3) is 0 Å². The highest BCUT2D eigenvalue weighted by molar-refractivity contribution is 8.00. The summed E-state index contributed by atoms with van der Waals surface area (Å²) in [7, 11) is -3.53. The Morgan fingerprint density at radius 3 is 2.88 bits per heavy atom. The summed E-state index contributed by atoms with van der Waals surface area (Å²) < 4.78 is 26.3. The lowest BCUT2D eigenvalue weighted by Crippen LogP contribution is -2.47. The summed E-state index contributed by atoms with van der Waals surface area (Å²) in [5, 5.41) is 6.41. The lowest BCUT2D eigenvalue weighted by Gasteiger charge is -2.36. The number of aromatic nitrogens is 2. The van der Waals surface area contributed by atoms with Crippen LogP contribution in [0.4, 0.5) is 5.82 Å². The molecule has 2 heterocycles. The van der Waals surface area contributed by atoms with Gasteiger partial charge in [-0.15, -0.1) is 0 Å². The van der Waals surface area contributed by atoms with Gasteiger partial charge in [0.25, 0.3) is 0 Å². The zero-order chi connectivity index (χ0) is 12.6. The van der Waals surface area contributed by atoms with Crippen molar-refractivity contribution in [1.29, 1.82) is 0 Å². The van der Waals surface area contributed by atoms with Crippen molar-refractivity contribution in [2.45, 2.75) is 30.0 Å². The van der Waals surface area contributed by atoms with Gasteiger partial charge in [0.1, 0.15) is 10.7 Å². The Bertz CT molecular complexity index is 499. The third kappa shape index (κ3) is 2.16. The van der Waals surface area contributed by atoms with Crippen molar-refractivity contribution in [1.82, 2.24) is 14.5 Å². The first-order valence-electron chi connectivity index (χ1n) is 5.37. The van der Waals surface area contributed by atoms with Gasteiger partial charge < -0.3 is 5.73 Å². The molecule has 3 N–H and O–H groups in total. The van der Waals surface area contributed by atoms with E-state index in [0.29, 0.717) is 6.54 Å². The van der Waals surface area contributed by atoms with Crippen LogP contribution in [0.5, 0.6) is 0 Å². The fourth-order valence-corrected chi connectivity index (χ4v) is 4.87. The van der Waals surface area contributed by atoms with Crippen LogP contribution in [0.2, 0.25) is 0 Å². The van der Waals surface area contributed by atoms with Crippen LogP contribution in [0.15, 0.2) is 11.1 Å². The highest BCUT2D eigenvalue weighted by Crippen LogP contribution is 2.30. The smallest absolute Gasteiger partial charge is 0.248 e. The van der Waals surface area contributed by atoms with E-state index < -0.39 is 10.0 Å². The molecule has 2 unspecified atom stereocenters. The molecule has 0 bridgehead atoms. The predicted molar refractivity (Wildman–Crippen MR) is 68.3 cm³/mol. The van der Waals surface area contributed by atoms with Gasteiger partial charge in [0.05, 0.1) is 6.20 Å². The van der Waals surface area contributed by atoms with Gasteiger partial charge in [-0.1, -0.05) is 6.92 Å². The molecule has 17 heavy (non-hydrogen) atoms. The average Bonchev–Trinajstić information content (AvgIpc) is 2.69. The number of rotatable bonds is 2. The van der Waals surface area contributed by atoms with Gasteiger partial charge in [0.15, 0.2) is 0 Å². The Morgan fingerprint density at radius 2 is 2.29 bits per heavy atom. The molecule has 0 aromatic carbocycles. The molecule has 0 amide bonds. The molecule has 1 aliphatic heterocycles. The largest absolute Gasteiger partial charge is 0.383 e. The fraction of sp³-hybridized carbons (Fsp3) is 0.667. The summed E-state index contributed by atoms with van der Waals surface area (Å²) in [6.45, 7) is 4.48. The van der Waals surface area contributed by atoms with E-state index in [1.807, 2.05) is 13.8 Å². The minimum Gasteiger partial charge on any atom is -0.383 e. The molecular weight excluding hydrogens is 260 g/mol. The first-order chi connectivity index (χ1) is 7.94. The number of aromatic amines is 1. The first kappa shape index (κ1) is 12.7. The number of sulfonamides is 1. The van der Waals surface area contributed by atoms with Gasteiger partial charge in [0.2, 0.25) is 10.0 Å². The van der Waals surface area contributed by atoms with E-state index in [-0.39, 0.29) is 22.0 Å². The molecule has 0 aliphatic carbocycles.